The molecule has 4 rings (SSSR count). The summed E-state index contributed by atoms with van der Waals surface area (Å²) in [6.07, 6.45) is 2.36. The lowest BCUT2D eigenvalue weighted by molar-refractivity contribution is -0.119. The summed E-state index contributed by atoms with van der Waals surface area (Å²) in [5.74, 6) is -0.102. The molecule has 0 aliphatic carbocycles. The van der Waals surface area contributed by atoms with Crippen LogP contribution >= 0.6 is 0 Å². The first-order valence-corrected chi connectivity index (χ1v) is 10.0. The Morgan fingerprint density at radius 3 is 2.45 bits per heavy atom. The van der Waals surface area contributed by atoms with Crippen molar-refractivity contribution in [1.82, 2.24) is 18.7 Å². The van der Waals surface area contributed by atoms with Crippen molar-refractivity contribution < 1.29 is 4.79 Å². The van der Waals surface area contributed by atoms with Crippen molar-refractivity contribution in [2.75, 3.05) is 5.32 Å². The van der Waals surface area contributed by atoms with Crippen LogP contribution in [0, 0.1) is 0 Å². The van der Waals surface area contributed by atoms with Gasteiger partial charge in [-0.25, -0.2) is 9.78 Å². The van der Waals surface area contributed by atoms with E-state index in [0.29, 0.717) is 25.2 Å². The molecule has 0 aliphatic rings. The molecule has 7 nitrogen and oxygen atoms in total. The van der Waals surface area contributed by atoms with Gasteiger partial charge in [-0.3, -0.25) is 13.9 Å². The molecule has 1 N–H and O–H groups in total. The Hall–Kier alpha value is -3.35. The molecule has 4 aromatic rings. The predicted octanol–water partition coefficient (Wildman–Crippen LogP) is 3.78. The molecule has 0 bridgehead atoms. The quantitative estimate of drug-likeness (QED) is 0.544. The van der Waals surface area contributed by atoms with Crippen LogP contribution in [0.2, 0.25) is 0 Å². The van der Waals surface area contributed by atoms with Crippen LogP contribution in [0.4, 0.5) is 5.69 Å². The standard InChI is InChI=1S/C22H25N5O2/c1-4-17(27-14-23-16-9-7-8-10-18(16)27)21(28)24-15-11-12-19-20(13-15)26(6-3)22(29)25(19)5-2/h7-14,17H,4-6H2,1-3H3,(H,24,28). The minimum Gasteiger partial charge on any atom is -0.324 e. The molecular formula is C22H25N5O2. The third-order valence-corrected chi connectivity index (χ3v) is 5.43. The number of fused-ring (bicyclic) bond motifs is 2. The number of hydrogen-bond donors (Lipinski definition) is 1. The van der Waals surface area contributed by atoms with Crippen LogP contribution in [-0.4, -0.2) is 24.6 Å². The summed E-state index contributed by atoms with van der Waals surface area (Å²) >= 11 is 0. The molecule has 2 heterocycles. The minimum absolute atomic E-state index is 0.0233. The van der Waals surface area contributed by atoms with E-state index in [4.69, 9.17) is 0 Å². The SMILES string of the molecule is CCC(C(=O)Nc1ccc2c(c1)n(CC)c(=O)n2CC)n1cnc2ccccc21. The lowest BCUT2D eigenvalue weighted by atomic mass is 10.2. The fourth-order valence-corrected chi connectivity index (χ4v) is 3.97. The molecule has 7 heteroatoms. The summed E-state index contributed by atoms with van der Waals surface area (Å²) in [5, 5.41) is 3.02. The Morgan fingerprint density at radius 2 is 1.72 bits per heavy atom. The van der Waals surface area contributed by atoms with Crippen LogP contribution in [0.3, 0.4) is 0 Å². The van der Waals surface area contributed by atoms with Crippen LogP contribution < -0.4 is 11.0 Å². The number of rotatable bonds is 6. The van der Waals surface area contributed by atoms with E-state index >= 15 is 0 Å². The number of benzene rings is 2. The molecule has 0 saturated carbocycles. The first kappa shape index (κ1) is 19.0. The highest BCUT2D eigenvalue weighted by molar-refractivity contribution is 5.96. The van der Waals surface area contributed by atoms with E-state index in [1.807, 2.05) is 67.8 Å². The van der Waals surface area contributed by atoms with Gasteiger partial charge in [0.05, 0.1) is 28.4 Å². The van der Waals surface area contributed by atoms with E-state index < -0.39 is 0 Å². The van der Waals surface area contributed by atoms with Gasteiger partial charge in [-0.1, -0.05) is 19.1 Å². The van der Waals surface area contributed by atoms with Gasteiger partial charge in [-0.15, -0.1) is 0 Å². The Labute approximate surface area is 168 Å². The monoisotopic (exact) mass is 391 g/mol. The number of aryl methyl sites for hydroxylation is 2. The summed E-state index contributed by atoms with van der Waals surface area (Å²) in [5.41, 5.74) is 4.17. The summed E-state index contributed by atoms with van der Waals surface area (Å²) in [7, 11) is 0. The largest absolute Gasteiger partial charge is 0.329 e. The number of carbonyl (C=O) groups is 1. The van der Waals surface area contributed by atoms with Gasteiger partial charge < -0.3 is 9.88 Å². The van der Waals surface area contributed by atoms with Gasteiger partial charge in [0.15, 0.2) is 0 Å². The Bertz CT molecular complexity index is 1250. The fraction of sp³-hybridized carbons (Fsp3) is 0.318. The third-order valence-electron chi connectivity index (χ3n) is 5.43. The van der Waals surface area contributed by atoms with Crippen molar-refractivity contribution in [3.05, 3.63) is 59.3 Å². The molecule has 0 fully saturated rings. The van der Waals surface area contributed by atoms with E-state index in [1.54, 1.807) is 15.5 Å². The zero-order valence-corrected chi connectivity index (χ0v) is 16.9. The number of hydrogen-bond acceptors (Lipinski definition) is 3. The second-order valence-corrected chi connectivity index (χ2v) is 7.03. The van der Waals surface area contributed by atoms with Crippen LogP contribution in [0.15, 0.2) is 53.6 Å². The highest BCUT2D eigenvalue weighted by Gasteiger charge is 2.21. The molecule has 2 aromatic heterocycles. The lowest BCUT2D eigenvalue weighted by Gasteiger charge is -2.17. The van der Waals surface area contributed by atoms with Gasteiger partial charge in [0.1, 0.15) is 6.04 Å². The molecular weight excluding hydrogens is 366 g/mol. The predicted molar refractivity (Wildman–Crippen MR) is 115 cm³/mol. The van der Waals surface area contributed by atoms with Gasteiger partial charge in [-0.2, -0.15) is 0 Å². The molecule has 29 heavy (non-hydrogen) atoms. The smallest absolute Gasteiger partial charge is 0.324 e. The van der Waals surface area contributed by atoms with Gasteiger partial charge in [0.2, 0.25) is 5.91 Å². The molecule has 1 amide bonds. The van der Waals surface area contributed by atoms with Crippen LogP contribution in [-0.2, 0) is 17.9 Å². The maximum atomic E-state index is 13.1. The van der Waals surface area contributed by atoms with Crippen molar-refractivity contribution in [3.8, 4) is 0 Å². The summed E-state index contributed by atoms with van der Waals surface area (Å²) in [4.78, 5) is 30.0. The zero-order chi connectivity index (χ0) is 20.5. The number of nitrogens with zero attached hydrogens (tertiary/aromatic N) is 4. The molecule has 0 radical (unpaired) electrons. The topological polar surface area (TPSA) is 73.8 Å². The van der Waals surface area contributed by atoms with Gasteiger partial charge in [0.25, 0.3) is 0 Å². The van der Waals surface area contributed by atoms with E-state index in [0.717, 1.165) is 22.1 Å². The van der Waals surface area contributed by atoms with Crippen molar-refractivity contribution in [3.63, 3.8) is 0 Å². The normalized spacial score (nSPS) is 12.5. The van der Waals surface area contributed by atoms with Crippen molar-refractivity contribution in [2.45, 2.75) is 46.3 Å². The first-order valence-electron chi connectivity index (χ1n) is 10.0. The number of para-hydroxylation sites is 2. The number of imidazole rings is 2. The maximum absolute atomic E-state index is 13.1. The summed E-state index contributed by atoms with van der Waals surface area (Å²) in [6, 6.07) is 13.0. The van der Waals surface area contributed by atoms with Crippen molar-refractivity contribution in [2.24, 2.45) is 0 Å². The number of nitrogens with one attached hydrogen (secondary N) is 1. The van der Waals surface area contributed by atoms with E-state index in [9.17, 15) is 9.59 Å². The minimum atomic E-state index is -0.369. The molecule has 0 spiro atoms. The number of aromatic nitrogens is 4. The van der Waals surface area contributed by atoms with E-state index in [-0.39, 0.29) is 17.6 Å². The average molecular weight is 391 g/mol. The molecule has 0 aliphatic heterocycles. The fourth-order valence-electron chi connectivity index (χ4n) is 3.97. The number of amides is 1. The molecule has 1 unspecified atom stereocenters. The second-order valence-electron chi connectivity index (χ2n) is 7.03. The maximum Gasteiger partial charge on any atom is 0.329 e. The molecule has 1 atom stereocenters. The Morgan fingerprint density at radius 1 is 1.00 bits per heavy atom. The van der Waals surface area contributed by atoms with Gasteiger partial charge in [0, 0.05) is 18.8 Å². The van der Waals surface area contributed by atoms with Gasteiger partial charge >= 0.3 is 5.69 Å². The highest BCUT2D eigenvalue weighted by atomic mass is 16.2. The van der Waals surface area contributed by atoms with Crippen LogP contribution in [0.1, 0.15) is 33.2 Å². The molecule has 2 aromatic carbocycles. The van der Waals surface area contributed by atoms with Crippen molar-refractivity contribution in [1.29, 1.82) is 0 Å². The number of carbonyl (C=O) groups excluding carboxylic acids is 1. The summed E-state index contributed by atoms with van der Waals surface area (Å²) in [6.45, 7) is 7.08. The zero-order valence-electron chi connectivity index (χ0n) is 16.9. The van der Waals surface area contributed by atoms with Crippen LogP contribution in [0.25, 0.3) is 22.1 Å². The Balaban J connectivity index is 1.68. The highest BCUT2D eigenvalue weighted by Crippen LogP contribution is 2.23. The van der Waals surface area contributed by atoms with E-state index in [2.05, 4.69) is 10.3 Å². The lowest BCUT2D eigenvalue weighted by Crippen LogP contribution is -2.25. The second kappa shape index (κ2) is 7.58. The van der Waals surface area contributed by atoms with Gasteiger partial charge in [-0.05, 0) is 50.6 Å². The Kier molecular flexibility index (Phi) is 4.96. The first-order chi connectivity index (χ1) is 14.1. The third kappa shape index (κ3) is 3.12. The number of anilines is 1. The summed E-state index contributed by atoms with van der Waals surface area (Å²) < 4.78 is 5.39. The van der Waals surface area contributed by atoms with Crippen LogP contribution in [0.5, 0.6) is 0 Å². The van der Waals surface area contributed by atoms with E-state index in [1.165, 1.54) is 0 Å². The van der Waals surface area contributed by atoms with Crippen molar-refractivity contribution >= 4 is 33.7 Å². The molecule has 150 valence electrons. The molecule has 0 saturated heterocycles. The average Bonchev–Trinajstić information content (AvgIpc) is 3.26.